The molecule has 11 rings (SSSR count). The maximum atomic E-state index is 14.3. The molecule has 0 amide bonds. The average molecular weight is 712 g/mol. The molecule has 1 aliphatic carbocycles. The molecule has 3 heterocycles. The van der Waals surface area contributed by atoms with E-state index in [4.69, 9.17) is 19.4 Å². The van der Waals surface area contributed by atoms with Gasteiger partial charge in [0.2, 0.25) is 0 Å². The number of hydrogen-bond acceptors (Lipinski definition) is 7. The number of nitrogens with zero attached hydrogens (tertiary/aromatic N) is 3. The summed E-state index contributed by atoms with van der Waals surface area (Å²) in [6, 6.07) is 49.0. The maximum Gasteiger partial charge on any atom is 0.194 e. The summed E-state index contributed by atoms with van der Waals surface area (Å²) < 4.78 is 8.71. The summed E-state index contributed by atoms with van der Waals surface area (Å²) in [4.78, 5) is 43.0. The third kappa shape index (κ3) is 4.62. The number of thiophene rings is 1. The van der Waals surface area contributed by atoms with Crippen LogP contribution in [0.3, 0.4) is 0 Å². The van der Waals surface area contributed by atoms with Crippen molar-refractivity contribution in [3.8, 4) is 45.3 Å². The first kappa shape index (κ1) is 30.5. The van der Waals surface area contributed by atoms with Crippen LogP contribution >= 0.6 is 11.3 Å². The van der Waals surface area contributed by atoms with Gasteiger partial charge in [0.1, 0.15) is 11.2 Å². The Labute approximate surface area is 312 Å². The molecule has 0 unspecified atom stereocenters. The number of fused-ring (bicyclic) bond motifs is 9. The van der Waals surface area contributed by atoms with Crippen molar-refractivity contribution >= 4 is 65.0 Å². The highest BCUT2D eigenvalue weighted by Gasteiger charge is 2.31. The molecular weight excluding hydrogens is 687 g/mol. The van der Waals surface area contributed by atoms with Crippen molar-refractivity contribution in [1.82, 2.24) is 15.0 Å². The lowest BCUT2D eigenvalue weighted by molar-refractivity contribution is 0.0979. The highest BCUT2D eigenvalue weighted by atomic mass is 32.1. The van der Waals surface area contributed by atoms with E-state index in [0.717, 1.165) is 64.4 Å². The summed E-state index contributed by atoms with van der Waals surface area (Å²) in [6.45, 7) is 0. The van der Waals surface area contributed by atoms with Crippen molar-refractivity contribution < 1.29 is 14.0 Å². The van der Waals surface area contributed by atoms with Gasteiger partial charge in [0.25, 0.3) is 0 Å². The molecule has 7 aromatic carbocycles. The first-order valence-electron chi connectivity index (χ1n) is 17.6. The van der Waals surface area contributed by atoms with Crippen LogP contribution in [0.1, 0.15) is 31.8 Å². The standard InChI is InChI=1S/C47H25N3O3S/c51-41-32-22-20-29(47-49-45(26-11-3-1-4-12-26)48-46(50-47)27-13-5-2-6-14-27)24-36(32)42(52)31-21-19-28(23-35(31)41)34-25-37-30-15-7-9-17-38(30)53-43(37)40-33-16-8-10-18-39(33)54-44(34)40/h1-25H. The van der Waals surface area contributed by atoms with Gasteiger partial charge < -0.3 is 4.42 Å². The Morgan fingerprint density at radius 1 is 0.426 bits per heavy atom. The summed E-state index contributed by atoms with van der Waals surface area (Å²) >= 11 is 1.71. The number of aromatic nitrogens is 3. The van der Waals surface area contributed by atoms with Gasteiger partial charge in [-0.15, -0.1) is 11.3 Å². The Balaban J connectivity index is 1.04. The molecule has 1 aliphatic rings. The molecule has 3 aromatic heterocycles. The monoisotopic (exact) mass is 711 g/mol. The van der Waals surface area contributed by atoms with Crippen molar-refractivity contribution in [2.24, 2.45) is 0 Å². The van der Waals surface area contributed by atoms with E-state index < -0.39 is 0 Å². The lowest BCUT2D eigenvalue weighted by Gasteiger charge is -2.19. The average Bonchev–Trinajstić information content (AvgIpc) is 3.81. The Morgan fingerprint density at radius 2 is 0.963 bits per heavy atom. The number of benzene rings is 7. The second-order valence-electron chi connectivity index (χ2n) is 13.4. The maximum absolute atomic E-state index is 14.3. The molecule has 0 spiro atoms. The third-order valence-electron chi connectivity index (χ3n) is 10.3. The van der Waals surface area contributed by atoms with Crippen molar-refractivity contribution in [3.05, 3.63) is 174 Å². The minimum absolute atomic E-state index is 0.194. The van der Waals surface area contributed by atoms with Gasteiger partial charge >= 0.3 is 0 Å². The molecule has 0 aliphatic heterocycles. The fraction of sp³-hybridized carbons (Fsp3) is 0. The van der Waals surface area contributed by atoms with E-state index in [2.05, 4.69) is 24.3 Å². The molecule has 0 saturated carbocycles. The normalized spacial score (nSPS) is 12.5. The number of rotatable bonds is 4. The smallest absolute Gasteiger partial charge is 0.194 e. The zero-order valence-electron chi connectivity index (χ0n) is 28.4. The minimum Gasteiger partial charge on any atom is -0.455 e. The second-order valence-corrected chi connectivity index (χ2v) is 14.5. The first-order chi connectivity index (χ1) is 26.6. The first-order valence-corrected chi connectivity index (χ1v) is 18.4. The van der Waals surface area contributed by atoms with Gasteiger partial charge in [-0.2, -0.15) is 0 Å². The fourth-order valence-electron chi connectivity index (χ4n) is 7.67. The quantitative estimate of drug-likeness (QED) is 0.181. The van der Waals surface area contributed by atoms with Crippen LogP contribution in [0.5, 0.6) is 0 Å². The van der Waals surface area contributed by atoms with E-state index in [1.165, 1.54) is 0 Å². The van der Waals surface area contributed by atoms with Crippen LogP contribution in [0.25, 0.3) is 87.4 Å². The number of furan rings is 1. The zero-order valence-corrected chi connectivity index (χ0v) is 29.2. The van der Waals surface area contributed by atoms with Crippen molar-refractivity contribution in [1.29, 1.82) is 0 Å². The number of hydrogen-bond donors (Lipinski definition) is 0. The molecule has 252 valence electrons. The molecule has 54 heavy (non-hydrogen) atoms. The van der Waals surface area contributed by atoms with E-state index >= 15 is 0 Å². The molecule has 6 nitrogen and oxygen atoms in total. The van der Waals surface area contributed by atoms with Gasteiger partial charge in [-0.3, -0.25) is 9.59 Å². The van der Waals surface area contributed by atoms with E-state index in [1.807, 2.05) is 109 Å². The Morgan fingerprint density at radius 3 is 1.63 bits per heavy atom. The summed E-state index contributed by atoms with van der Waals surface area (Å²) in [5.74, 6) is 1.05. The molecule has 0 radical (unpaired) electrons. The van der Waals surface area contributed by atoms with E-state index in [0.29, 0.717) is 45.3 Å². The van der Waals surface area contributed by atoms with Crippen LogP contribution in [0.2, 0.25) is 0 Å². The van der Waals surface area contributed by atoms with E-state index in [9.17, 15) is 9.59 Å². The Hall–Kier alpha value is -7.09. The van der Waals surface area contributed by atoms with Crippen LogP contribution in [0, 0.1) is 0 Å². The molecule has 0 atom stereocenters. The van der Waals surface area contributed by atoms with Crippen LogP contribution < -0.4 is 0 Å². The molecule has 0 saturated heterocycles. The van der Waals surface area contributed by atoms with Gasteiger partial charge in [-0.1, -0.05) is 109 Å². The van der Waals surface area contributed by atoms with Crippen LogP contribution in [0.15, 0.2) is 156 Å². The molecule has 10 aromatic rings. The van der Waals surface area contributed by atoms with Crippen LogP contribution in [0.4, 0.5) is 0 Å². The van der Waals surface area contributed by atoms with Crippen LogP contribution in [-0.2, 0) is 0 Å². The molecule has 7 heteroatoms. The number of carbonyl (C=O) groups is 2. The predicted octanol–water partition coefficient (Wildman–Crippen LogP) is 11.6. The predicted molar refractivity (Wildman–Crippen MR) is 215 cm³/mol. The number of ketones is 2. The molecule has 0 N–H and O–H groups in total. The van der Waals surface area contributed by atoms with Crippen molar-refractivity contribution in [3.63, 3.8) is 0 Å². The highest BCUT2D eigenvalue weighted by Crippen LogP contribution is 2.47. The molecule has 0 bridgehead atoms. The van der Waals surface area contributed by atoms with Crippen molar-refractivity contribution in [2.45, 2.75) is 0 Å². The van der Waals surface area contributed by atoms with E-state index in [-0.39, 0.29) is 11.6 Å². The van der Waals surface area contributed by atoms with Gasteiger partial charge in [0.05, 0.1) is 0 Å². The second kappa shape index (κ2) is 11.7. The summed E-state index contributed by atoms with van der Waals surface area (Å²) in [5.41, 5.74) is 7.32. The lowest BCUT2D eigenvalue weighted by atomic mass is 9.82. The summed E-state index contributed by atoms with van der Waals surface area (Å²) in [5, 5.41) is 4.23. The topological polar surface area (TPSA) is 86.0 Å². The minimum atomic E-state index is -0.211. The SMILES string of the molecule is O=C1c2ccc(-c3cc4c5ccccc5oc4c4c3sc3ccccc34)cc2C(=O)c2ccc(-c3nc(-c4ccccc4)nc(-c4ccccc4)n3)cc21. The zero-order chi connectivity index (χ0) is 35.9. The van der Waals surface area contributed by atoms with Gasteiger partial charge in [-0.05, 0) is 48.0 Å². The number of carbonyl (C=O) groups excluding carboxylic acids is 2. The fourth-order valence-corrected chi connectivity index (χ4v) is 8.91. The van der Waals surface area contributed by atoms with Crippen molar-refractivity contribution in [2.75, 3.05) is 0 Å². The Kier molecular flexibility index (Phi) is 6.62. The van der Waals surface area contributed by atoms with Gasteiger partial charge in [0.15, 0.2) is 29.0 Å². The molecule has 0 fully saturated rings. The third-order valence-corrected chi connectivity index (χ3v) is 11.5. The lowest BCUT2D eigenvalue weighted by Crippen LogP contribution is -2.21. The molecular formula is C47H25N3O3S. The summed E-state index contributed by atoms with van der Waals surface area (Å²) in [7, 11) is 0. The summed E-state index contributed by atoms with van der Waals surface area (Å²) in [6.07, 6.45) is 0. The van der Waals surface area contributed by atoms with Gasteiger partial charge in [0, 0.05) is 75.5 Å². The largest absolute Gasteiger partial charge is 0.455 e. The van der Waals surface area contributed by atoms with E-state index in [1.54, 1.807) is 29.5 Å². The Bertz CT molecular complexity index is 3140. The van der Waals surface area contributed by atoms with Gasteiger partial charge in [-0.25, -0.2) is 15.0 Å². The number of para-hydroxylation sites is 1. The van der Waals surface area contributed by atoms with Crippen LogP contribution in [-0.4, -0.2) is 26.5 Å². The highest BCUT2D eigenvalue weighted by molar-refractivity contribution is 7.26.